The van der Waals surface area contributed by atoms with Crippen LogP contribution in [0.15, 0.2) is 100 Å². The number of likely N-dealkylation sites (N-methyl/N-ethyl adjacent to an activating group) is 1. The Kier molecular flexibility index (Phi) is 7.10. The van der Waals surface area contributed by atoms with Gasteiger partial charge in [0, 0.05) is 18.5 Å². The average molecular weight is 533 g/mol. The van der Waals surface area contributed by atoms with Gasteiger partial charge in [0.05, 0.1) is 17.0 Å². The molecular formula is C34H32N2O4. The minimum atomic E-state index is -0.564. The number of fused-ring (bicyclic) bond motifs is 4. The van der Waals surface area contributed by atoms with Crippen molar-refractivity contribution in [1.29, 1.82) is 0 Å². The summed E-state index contributed by atoms with van der Waals surface area (Å²) in [5, 5.41) is 2.27. The molecule has 1 unspecified atom stereocenters. The van der Waals surface area contributed by atoms with Crippen molar-refractivity contribution in [3.05, 3.63) is 124 Å². The molecule has 0 spiro atoms. The zero-order valence-electron chi connectivity index (χ0n) is 22.8. The fourth-order valence-corrected chi connectivity index (χ4v) is 5.63. The van der Waals surface area contributed by atoms with E-state index in [9.17, 15) is 9.59 Å². The summed E-state index contributed by atoms with van der Waals surface area (Å²) in [6.45, 7) is 7.58. The van der Waals surface area contributed by atoms with E-state index in [1.165, 1.54) is 0 Å². The number of rotatable bonds is 9. The van der Waals surface area contributed by atoms with Crippen LogP contribution in [0.4, 0.5) is 0 Å². The predicted octanol–water partition coefficient (Wildman–Crippen LogP) is 6.41. The van der Waals surface area contributed by atoms with Crippen molar-refractivity contribution in [1.82, 2.24) is 9.80 Å². The van der Waals surface area contributed by atoms with Crippen LogP contribution in [-0.2, 0) is 6.61 Å². The summed E-state index contributed by atoms with van der Waals surface area (Å²) in [4.78, 5) is 32.1. The number of hydrogen-bond donors (Lipinski definition) is 0. The molecule has 202 valence electrons. The molecule has 4 aromatic carbocycles. The van der Waals surface area contributed by atoms with Crippen molar-refractivity contribution >= 4 is 27.6 Å². The predicted molar refractivity (Wildman–Crippen MR) is 158 cm³/mol. The van der Waals surface area contributed by atoms with E-state index in [-0.39, 0.29) is 17.1 Å². The lowest BCUT2D eigenvalue weighted by Crippen LogP contribution is -2.37. The Morgan fingerprint density at radius 1 is 0.850 bits per heavy atom. The van der Waals surface area contributed by atoms with Crippen molar-refractivity contribution in [2.24, 2.45) is 0 Å². The molecule has 6 rings (SSSR count). The first-order chi connectivity index (χ1) is 19.6. The lowest BCUT2D eigenvalue weighted by atomic mass is 9.97. The summed E-state index contributed by atoms with van der Waals surface area (Å²) >= 11 is 0. The standard InChI is InChI=1S/C34H32N2O4/c1-3-35(4-2)19-20-36-30(25-14-10-15-26(21-25)39-22-23-11-6-5-7-12-23)29-31(37)28-18-17-24-13-8-9-16-27(24)32(28)40-33(29)34(36)38/h5-18,21,30H,3-4,19-20,22H2,1-2H3. The summed E-state index contributed by atoms with van der Waals surface area (Å²) in [6, 6.07) is 28.6. The number of benzene rings is 4. The van der Waals surface area contributed by atoms with Crippen LogP contribution >= 0.6 is 0 Å². The SMILES string of the molecule is CCN(CC)CCN1C(=O)c2oc3c(ccc4ccccc43)c(=O)c2C1c1cccc(OCc2ccccc2)c1. The minimum Gasteiger partial charge on any atom is -0.489 e. The fraction of sp³-hybridized carbons (Fsp3) is 0.235. The van der Waals surface area contributed by atoms with Gasteiger partial charge in [0.2, 0.25) is 5.76 Å². The normalized spacial score (nSPS) is 14.8. The highest BCUT2D eigenvalue weighted by Crippen LogP contribution is 2.40. The molecule has 1 aromatic heterocycles. The van der Waals surface area contributed by atoms with E-state index in [4.69, 9.17) is 9.15 Å². The van der Waals surface area contributed by atoms with E-state index in [1.54, 1.807) is 4.90 Å². The molecule has 0 aliphatic carbocycles. The fourth-order valence-electron chi connectivity index (χ4n) is 5.63. The maximum atomic E-state index is 14.1. The smallest absolute Gasteiger partial charge is 0.290 e. The zero-order valence-corrected chi connectivity index (χ0v) is 22.8. The third-order valence-corrected chi connectivity index (χ3v) is 7.83. The van der Waals surface area contributed by atoms with Gasteiger partial charge in [-0.2, -0.15) is 0 Å². The van der Waals surface area contributed by atoms with Crippen molar-refractivity contribution < 1.29 is 13.9 Å². The van der Waals surface area contributed by atoms with Gasteiger partial charge in [0.1, 0.15) is 17.9 Å². The van der Waals surface area contributed by atoms with Crippen LogP contribution < -0.4 is 10.2 Å². The van der Waals surface area contributed by atoms with Crippen LogP contribution in [0.5, 0.6) is 5.75 Å². The molecule has 0 bridgehead atoms. The van der Waals surface area contributed by atoms with Gasteiger partial charge in [-0.15, -0.1) is 0 Å². The lowest BCUT2D eigenvalue weighted by Gasteiger charge is -2.28. The Balaban J connectivity index is 1.45. The van der Waals surface area contributed by atoms with Gasteiger partial charge in [-0.3, -0.25) is 9.59 Å². The van der Waals surface area contributed by atoms with E-state index < -0.39 is 6.04 Å². The van der Waals surface area contributed by atoms with Crippen LogP contribution in [0.2, 0.25) is 0 Å². The van der Waals surface area contributed by atoms with Crippen LogP contribution in [0.3, 0.4) is 0 Å². The van der Waals surface area contributed by atoms with E-state index in [0.717, 1.165) is 35.0 Å². The molecule has 0 N–H and O–H groups in total. The molecule has 40 heavy (non-hydrogen) atoms. The van der Waals surface area contributed by atoms with Crippen LogP contribution in [0.1, 0.15) is 47.1 Å². The van der Waals surface area contributed by atoms with Crippen molar-refractivity contribution in [2.75, 3.05) is 26.2 Å². The molecule has 0 fully saturated rings. The second kappa shape index (κ2) is 11.0. The molecule has 1 amide bonds. The van der Waals surface area contributed by atoms with E-state index >= 15 is 0 Å². The summed E-state index contributed by atoms with van der Waals surface area (Å²) in [6.07, 6.45) is 0. The molecule has 0 saturated heterocycles. The van der Waals surface area contributed by atoms with Gasteiger partial charge in [0.15, 0.2) is 5.43 Å². The maximum Gasteiger partial charge on any atom is 0.290 e. The monoisotopic (exact) mass is 532 g/mol. The third-order valence-electron chi connectivity index (χ3n) is 7.83. The zero-order chi connectivity index (χ0) is 27.6. The largest absolute Gasteiger partial charge is 0.489 e. The Bertz CT molecular complexity index is 1740. The molecule has 1 aliphatic rings. The van der Waals surface area contributed by atoms with Gasteiger partial charge in [-0.05, 0) is 47.8 Å². The van der Waals surface area contributed by atoms with Gasteiger partial charge in [0.25, 0.3) is 5.91 Å². The molecular weight excluding hydrogens is 500 g/mol. The van der Waals surface area contributed by atoms with Gasteiger partial charge in [-0.25, -0.2) is 0 Å². The van der Waals surface area contributed by atoms with Crippen LogP contribution in [0.25, 0.3) is 21.7 Å². The van der Waals surface area contributed by atoms with Gasteiger partial charge in [-0.1, -0.05) is 86.6 Å². The van der Waals surface area contributed by atoms with Gasteiger partial charge < -0.3 is 19.0 Å². The molecule has 6 nitrogen and oxygen atoms in total. The average Bonchev–Trinajstić information content (AvgIpc) is 3.28. The molecule has 6 heteroatoms. The third kappa shape index (κ3) is 4.65. The Morgan fingerprint density at radius 3 is 2.42 bits per heavy atom. The highest BCUT2D eigenvalue weighted by Gasteiger charge is 2.42. The number of amides is 1. The molecule has 1 atom stereocenters. The Labute approximate surface area is 233 Å². The lowest BCUT2D eigenvalue weighted by molar-refractivity contribution is 0.0708. The van der Waals surface area contributed by atoms with Crippen LogP contribution in [-0.4, -0.2) is 41.9 Å². The Hall–Kier alpha value is -4.42. The molecule has 0 saturated carbocycles. The molecule has 5 aromatic rings. The number of carbonyl (C=O) groups is 1. The number of ether oxygens (including phenoxy) is 1. The summed E-state index contributed by atoms with van der Waals surface area (Å²) < 4.78 is 12.5. The summed E-state index contributed by atoms with van der Waals surface area (Å²) in [5.74, 6) is 0.561. The first-order valence-electron chi connectivity index (χ1n) is 13.9. The minimum absolute atomic E-state index is 0.133. The second-order valence-electron chi connectivity index (χ2n) is 10.1. The van der Waals surface area contributed by atoms with Crippen molar-refractivity contribution in [3.8, 4) is 5.75 Å². The first kappa shape index (κ1) is 25.8. The number of nitrogens with zero attached hydrogens (tertiary/aromatic N) is 2. The summed E-state index contributed by atoms with van der Waals surface area (Å²) in [5.41, 5.74) is 2.58. The van der Waals surface area contributed by atoms with Crippen molar-refractivity contribution in [2.45, 2.75) is 26.5 Å². The summed E-state index contributed by atoms with van der Waals surface area (Å²) in [7, 11) is 0. The molecule has 2 heterocycles. The number of hydrogen-bond acceptors (Lipinski definition) is 5. The topological polar surface area (TPSA) is 63.0 Å². The van der Waals surface area contributed by atoms with Crippen molar-refractivity contribution in [3.63, 3.8) is 0 Å². The highest BCUT2D eigenvalue weighted by atomic mass is 16.5. The quantitative estimate of drug-likeness (QED) is 0.205. The maximum absolute atomic E-state index is 14.1. The molecule has 0 radical (unpaired) electrons. The first-order valence-corrected chi connectivity index (χ1v) is 13.9. The molecule has 1 aliphatic heterocycles. The number of carbonyl (C=O) groups excluding carboxylic acids is 1. The van der Waals surface area contributed by atoms with Crippen LogP contribution in [0, 0.1) is 0 Å². The van der Waals surface area contributed by atoms with E-state index in [2.05, 4.69) is 18.7 Å². The second-order valence-corrected chi connectivity index (χ2v) is 10.1. The highest BCUT2D eigenvalue weighted by molar-refractivity contribution is 6.06. The van der Waals surface area contributed by atoms with E-state index in [1.807, 2.05) is 91.0 Å². The Morgan fingerprint density at radius 2 is 1.62 bits per heavy atom. The van der Waals surface area contributed by atoms with Gasteiger partial charge >= 0.3 is 0 Å². The van der Waals surface area contributed by atoms with E-state index in [0.29, 0.717) is 42.0 Å².